The van der Waals surface area contributed by atoms with Gasteiger partial charge in [-0.3, -0.25) is 0 Å². The monoisotopic (exact) mass is 449 g/mol. The summed E-state index contributed by atoms with van der Waals surface area (Å²) >= 11 is 6.31. The van der Waals surface area contributed by atoms with Gasteiger partial charge in [-0.25, -0.2) is 4.79 Å². The average molecular weight is 450 g/mol. The highest BCUT2D eigenvalue weighted by Crippen LogP contribution is 2.38. The molecule has 6 nitrogen and oxygen atoms in total. The Morgan fingerprint density at radius 3 is 2.50 bits per heavy atom. The molecular formula is C25H20ClNO5. The Kier molecular flexibility index (Phi) is 5.15. The Morgan fingerprint density at radius 2 is 1.78 bits per heavy atom. The van der Waals surface area contributed by atoms with Crippen molar-refractivity contribution in [1.29, 1.82) is 0 Å². The summed E-state index contributed by atoms with van der Waals surface area (Å²) in [4.78, 5) is 14.5. The molecule has 7 heteroatoms. The van der Waals surface area contributed by atoms with E-state index in [9.17, 15) is 4.79 Å². The summed E-state index contributed by atoms with van der Waals surface area (Å²) < 4.78 is 22.2. The number of ether oxygens (including phenoxy) is 3. The van der Waals surface area contributed by atoms with Crippen molar-refractivity contribution in [3.8, 4) is 28.4 Å². The normalized spacial score (nSPS) is 12.9. The molecule has 0 aliphatic carbocycles. The number of anilines is 1. The van der Waals surface area contributed by atoms with Crippen molar-refractivity contribution in [2.24, 2.45) is 0 Å². The number of methoxy groups -OCH3 is 2. The van der Waals surface area contributed by atoms with Gasteiger partial charge in [0.05, 0.1) is 31.4 Å². The van der Waals surface area contributed by atoms with Crippen LogP contribution in [0.15, 0.2) is 69.9 Å². The van der Waals surface area contributed by atoms with Gasteiger partial charge in [0.1, 0.15) is 22.8 Å². The molecule has 0 radical (unpaired) electrons. The lowest BCUT2D eigenvalue weighted by atomic mass is 9.99. The summed E-state index contributed by atoms with van der Waals surface area (Å²) in [5.41, 5.74) is 3.50. The van der Waals surface area contributed by atoms with Gasteiger partial charge in [0.25, 0.3) is 0 Å². The van der Waals surface area contributed by atoms with Gasteiger partial charge in [0, 0.05) is 17.1 Å². The molecule has 0 N–H and O–H groups in total. The van der Waals surface area contributed by atoms with Crippen LogP contribution in [-0.4, -0.2) is 21.0 Å². The van der Waals surface area contributed by atoms with Crippen LogP contribution in [0.25, 0.3) is 22.1 Å². The van der Waals surface area contributed by atoms with Crippen molar-refractivity contribution in [1.82, 2.24) is 0 Å². The van der Waals surface area contributed by atoms with Crippen LogP contribution in [0.3, 0.4) is 0 Å². The quantitative estimate of drug-likeness (QED) is 0.384. The second-order valence-corrected chi connectivity index (χ2v) is 7.82. The van der Waals surface area contributed by atoms with Crippen molar-refractivity contribution in [3.63, 3.8) is 0 Å². The van der Waals surface area contributed by atoms with E-state index >= 15 is 0 Å². The minimum Gasteiger partial charge on any atom is -0.497 e. The predicted octanol–water partition coefficient (Wildman–Crippen LogP) is 5.49. The lowest BCUT2D eigenvalue weighted by Gasteiger charge is -2.31. The smallest absolute Gasteiger partial charge is 0.336 e. The summed E-state index contributed by atoms with van der Waals surface area (Å²) in [6, 6.07) is 18.5. The fourth-order valence-electron chi connectivity index (χ4n) is 3.96. The largest absolute Gasteiger partial charge is 0.497 e. The highest BCUT2D eigenvalue weighted by molar-refractivity contribution is 6.32. The second-order valence-electron chi connectivity index (χ2n) is 7.42. The number of hydrogen-bond donors (Lipinski definition) is 0. The van der Waals surface area contributed by atoms with E-state index in [2.05, 4.69) is 0 Å². The van der Waals surface area contributed by atoms with Gasteiger partial charge in [0.15, 0.2) is 6.73 Å². The molecule has 0 atom stereocenters. The molecule has 32 heavy (non-hydrogen) atoms. The summed E-state index contributed by atoms with van der Waals surface area (Å²) in [5, 5.41) is 1.36. The molecule has 0 saturated heterocycles. The number of fused-ring (bicyclic) bond motifs is 3. The van der Waals surface area contributed by atoms with Crippen LogP contribution in [0.2, 0.25) is 5.02 Å². The molecule has 0 spiro atoms. The number of halogens is 1. The Hall–Kier alpha value is -3.64. The standard InChI is InChI=1S/C25H20ClNO5/c1-29-17-6-3-15(4-7-17)19-12-24(28)32-25-18(19)8-10-22-20(25)13-27(14-31-22)16-5-9-23(30-2)21(26)11-16/h3-12H,13-14H2,1-2H3. The number of nitrogens with zero attached hydrogens (tertiary/aromatic N) is 1. The number of benzene rings is 3. The van der Waals surface area contributed by atoms with E-state index in [0.29, 0.717) is 35.4 Å². The average Bonchev–Trinajstić information content (AvgIpc) is 2.83. The summed E-state index contributed by atoms with van der Waals surface area (Å²) in [5.74, 6) is 2.05. The molecule has 3 aromatic carbocycles. The Labute approximate surface area is 189 Å². The SMILES string of the molecule is COc1ccc(-c2cc(=O)oc3c4c(ccc23)OCN(c2ccc(OC)c(Cl)c2)C4)cc1. The van der Waals surface area contributed by atoms with Gasteiger partial charge < -0.3 is 23.5 Å². The fourth-order valence-corrected chi connectivity index (χ4v) is 4.21. The first kappa shape index (κ1) is 20.3. The summed E-state index contributed by atoms with van der Waals surface area (Å²) in [6.07, 6.45) is 0. The lowest BCUT2D eigenvalue weighted by Crippen LogP contribution is -2.32. The first-order valence-corrected chi connectivity index (χ1v) is 10.4. The first-order chi connectivity index (χ1) is 15.6. The third-order valence-corrected chi connectivity index (χ3v) is 5.89. The van der Waals surface area contributed by atoms with Crippen molar-refractivity contribution < 1.29 is 18.6 Å². The van der Waals surface area contributed by atoms with E-state index in [1.165, 1.54) is 6.07 Å². The Balaban J connectivity index is 1.60. The van der Waals surface area contributed by atoms with E-state index in [-0.39, 0.29) is 0 Å². The van der Waals surface area contributed by atoms with Crippen molar-refractivity contribution in [2.75, 3.05) is 25.9 Å². The van der Waals surface area contributed by atoms with Gasteiger partial charge in [-0.2, -0.15) is 0 Å². The third-order valence-electron chi connectivity index (χ3n) is 5.60. The van der Waals surface area contributed by atoms with E-state index in [1.54, 1.807) is 14.2 Å². The molecule has 2 heterocycles. The minimum absolute atomic E-state index is 0.351. The van der Waals surface area contributed by atoms with Crippen LogP contribution in [0.1, 0.15) is 5.56 Å². The van der Waals surface area contributed by atoms with Gasteiger partial charge >= 0.3 is 5.63 Å². The Bertz CT molecular complexity index is 1360. The van der Waals surface area contributed by atoms with Crippen LogP contribution in [0.5, 0.6) is 17.2 Å². The second kappa shape index (κ2) is 8.13. The lowest BCUT2D eigenvalue weighted by molar-refractivity contribution is 0.289. The van der Waals surface area contributed by atoms with E-state index < -0.39 is 5.63 Å². The van der Waals surface area contributed by atoms with E-state index in [1.807, 2.05) is 59.5 Å². The van der Waals surface area contributed by atoms with Crippen LogP contribution >= 0.6 is 11.6 Å². The van der Waals surface area contributed by atoms with Crippen LogP contribution < -0.4 is 24.7 Å². The molecule has 162 valence electrons. The van der Waals surface area contributed by atoms with Gasteiger partial charge in [-0.05, 0) is 53.6 Å². The molecule has 0 fully saturated rings. The maximum absolute atomic E-state index is 12.5. The number of hydrogen-bond acceptors (Lipinski definition) is 6. The Morgan fingerprint density at radius 1 is 0.969 bits per heavy atom. The van der Waals surface area contributed by atoms with Crippen molar-refractivity contribution in [3.05, 3.63) is 81.7 Å². The molecule has 4 aromatic rings. The topological polar surface area (TPSA) is 61.1 Å². The predicted molar refractivity (Wildman–Crippen MR) is 124 cm³/mol. The molecule has 0 saturated carbocycles. The van der Waals surface area contributed by atoms with Crippen LogP contribution in [-0.2, 0) is 6.54 Å². The zero-order valence-electron chi connectivity index (χ0n) is 17.6. The molecule has 1 aromatic heterocycles. The van der Waals surface area contributed by atoms with Crippen LogP contribution in [0.4, 0.5) is 5.69 Å². The highest BCUT2D eigenvalue weighted by Gasteiger charge is 2.23. The van der Waals surface area contributed by atoms with Gasteiger partial charge in [-0.1, -0.05) is 23.7 Å². The minimum atomic E-state index is -0.415. The zero-order valence-corrected chi connectivity index (χ0v) is 18.3. The van der Waals surface area contributed by atoms with Crippen LogP contribution in [0, 0.1) is 0 Å². The molecular weight excluding hydrogens is 430 g/mol. The third kappa shape index (κ3) is 3.52. The van der Waals surface area contributed by atoms with E-state index in [4.69, 9.17) is 30.2 Å². The molecule has 1 aliphatic heterocycles. The van der Waals surface area contributed by atoms with Crippen molar-refractivity contribution >= 4 is 28.3 Å². The van der Waals surface area contributed by atoms with E-state index in [0.717, 1.165) is 33.5 Å². The molecule has 0 unspecified atom stereocenters. The molecule has 0 bridgehead atoms. The zero-order chi connectivity index (χ0) is 22.2. The molecule has 5 rings (SSSR count). The first-order valence-electron chi connectivity index (χ1n) is 10.0. The number of rotatable bonds is 4. The summed E-state index contributed by atoms with van der Waals surface area (Å²) in [6.45, 7) is 0.855. The highest BCUT2D eigenvalue weighted by atomic mass is 35.5. The molecule has 0 amide bonds. The van der Waals surface area contributed by atoms with Crippen molar-refractivity contribution in [2.45, 2.75) is 6.54 Å². The summed E-state index contributed by atoms with van der Waals surface area (Å²) in [7, 11) is 3.20. The van der Waals surface area contributed by atoms with Gasteiger partial charge in [0.2, 0.25) is 0 Å². The molecule has 1 aliphatic rings. The fraction of sp³-hybridized carbons (Fsp3) is 0.160. The van der Waals surface area contributed by atoms with Gasteiger partial charge in [-0.15, -0.1) is 0 Å². The maximum atomic E-state index is 12.5. The maximum Gasteiger partial charge on any atom is 0.336 e.